The fraction of sp³-hybridized carbons (Fsp3) is 0.583. The van der Waals surface area contributed by atoms with E-state index >= 15 is 0 Å². The third-order valence-electron chi connectivity index (χ3n) is 3.31. The van der Waals surface area contributed by atoms with Gasteiger partial charge in [0.1, 0.15) is 0 Å². The molecule has 0 amide bonds. The summed E-state index contributed by atoms with van der Waals surface area (Å²) in [6, 6.07) is 0.493. The average Bonchev–Trinajstić information content (AvgIpc) is 2.63. The predicted octanol–water partition coefficient (Wildman–Crippen LogP) is 1.53. The van der Waals surface area contributed by atoms with Crippen LogP contribution in [0.3, 0.4) is 0 Å². The Morgan fingerprint density at radius 2 is 2.47 bits per heavy atom. The van der Waals surface area contributed by atoms with E-state index in [4.69, 9.17) is 5.73 Å². The van der Waals surface area contributed by atoms with Crippen LogP contribution < -0.4 is 5.73 Å². The third-order valence-corrected chi connectivity index (χ3v) is 3.31. The van der Waals surface area contributed by atoms with Crippen LogP contribution in [0.25, 0.3) is 0 Å². The van der Waals surface area contributed by atoms with Gasteiger partial charge in [-0.15, -0.1) is 6.58 Å². The summed E-state index contributed by atoms with van der Waals surface area (Å²) < 4.78 is 0. The molecular formula is C12H19N3. The molecule has 0 aromatic carbocycles. The number of hydrogen-bond donors (Lipinski definition) is 1. The molecule has 2 unspecified atom stereocenters. The number of hydrogen-bond acceptors (Lipinski definition) is 3. The van der Waals surface area contributed by atoms with E-state index in [1.165, 1.54) is 19.3 Å². The zero-order chi connectivity index (χ0) is 10.7. The molecule has 3 nitrogen and oxygen atoms in total. The predicted molar refractivity (Wildman–Crippen MR) is 63.7 cm³/mol. The Balaban J connectivity index is 2.02. The molecular weight excluding hydrogens is 186 g/mol. The number of nitrogens with zero attached hydrogens (tertiary/aromatic N) is 2. The molecule has 1 aliphatic heterocycles. The second-order valence-electron chi connectivity index (χ2n) is 4.25. The van der Waals surface area contributed by atoms with Crippen molar-refractivity contribution in [3.05, 3.63) is 24.8 Å². The Kier molecular flexibility index (Phi) is 3.09. The number of guanidine groups is 1. The van der Waals surface area contributed by atoms with Gasteiger partial charge in [0.15, 0.2) is 5.96 Å². The van der Waals surface area contributed by atoms with Crippen molar-refractivity contribution in [2.75, 3.05) is 13.1 Å². The van der Waals surface area contributed by atoms with Gasteiger partial charge in [0, 0.05) is 6.54 Å². The highest BCUT2D eigenvalue weighted by Crippen LogP contribution is 2.27. The second kappa shape index (κ2) is 4.51. The second-order valence-corrected chi connectivity index (χ2v) is 4.25. The van der Waals surface area contributed by atoms with Crippen molar-refractivity contribution in [3.63, 3.8) is 0 Å². The highest BCUT2D eigenvalue weighted by atomic mass is 15.3. The van der Waals surface area contributed by atoms with Gasteiger partial charge in [-0.05, 0) is 25.2 Å². The van der Waals surface area contributed by atoms with Crippen LogP contribution in [0.2, 0.25) is 0 Å². The molecule has 0 saturated heterocycles. The zero-order valence-corrected chi connectivity index (χ0v) is 9.10. The van der Waals surface area contributed by atoms with Crippen molar-refractivity contribution in [2.45, 2.75) is 25.3 Å². The first kappa shape index (κ1) is 10.3. The monoisotopic (exact) mass is 205 g/mol. The van der Waals surface area contributed by atoms with Gasteiger partial charge in [-0.2, -0.15) is 0 Å². The quantitative estimate of drug-likeness (QED) is 0.710. The van der Waals surface area contributed by atoms with Gasteiger partial charge in [0.2, 0.25) is 0 Å². The van der Waals surface area contributed by atoms with Crippen LogP contribution >= 0.6 is 0 Å². The minimum atomic E-state index is 0.493. The number of allylic oxidation sites excluding steroid dienone is 2. The highest BCUT2D eigenvalue weighted by molar-refractivity contribution is 5.80. The zero-order valence-electron chi connectivity index (χ0n) is 9.10. The Bertz CT molecular complexity index is 293. The van der Waals surface area contributed by atoms with Crippen LogP contribution in [-0.2, 0) is 0 Å². The first-order chi connectivity index (χ1) is 7.33. The molecule has 2 atom stereocenters. The summed E-state index contributed by atoms with van der Waals surface area (Å²) in [6.07, 6.45) is 10.1. The normalized spacial score (nSPS) is 30.4. The molecule has 3 heteroatoms. The highest BCUT2D eigenvalue weighted by Gasteiger charge is 2.31. The molecule has 0 aromatic heterocycles. The first-order valence-corrected chi connectivity index (χ1v) is 5.65. The average molecular weight is 205 g/mol. The summed E-state index contributed by atoms with van der Waals surface area (Å²) in [5.41, 5.74) is 5.87. The SMILES string of the molecule is C=CCN1C(N)=NCC1C1CC=CCC1. The fourth-order valence-electron chi connectivity index (χ4n) is 2.48. The largest absolute Gasteiger partial charge is 0.370 e. The van der Waals surface area contributed by atoms with Crippen molar-refractivity contribution >= 4 is 5.96 Å². The van der Waals surface area contributed by atoms with Gasteiger partial charge >= 0.3 is 0 Å². The Hall–Kier alpha value is -1.25. The van der Waals surface area contributed by atoms with E-state index in [1.54, 1.807) is 0 Å². The summed E-state index contributed by atoms with van der Waals surface area (Å²) >= 11 is 0. The lowest BCUT2D eigenvalue weighted by Crippen LogP contribution is -2.44. The fourth-order valence-corrected chi connectivity index (χ4v) is 2.48. The van der Waals surface area contributed by atoms with E-state index in [1.807, 2.05) is 6.08 Å². The van der Waals surface area contributed by atoms with Gasteiger partial charge in [-0.3, -0.25) is 4.99 Å². The molecule has 2 aliphatic rings. The van der Waals surface area contributed by atoms with Crippen LogP contribution in [0.4, 0.5) is 0 Å². The Morgan fingerprint density at radius 3 is 3.13 bits per heavy atom. The van der Waals surface area contributed by atoms with Gasteiger partial charge in [-0.25, -0.2) is 0 Å². The van der Waals surface area contributed by atoms with E-state index in [-0.39, 0.29) is 0 Å². The van der Waals surface area contributed by atoms with Crippen LogP contribution in [0.5, 0.6) is 0 Å². The van der Waals surface area contributed by atoms with E-state index in [2.05, 4.69) is 28.6 Å². The van der Waals surface area contributed by atoms with Gasteiger partial charge < -0.3 is 10.6 Å². The van der Waals surface area contributed by atoms with Crippen molar-refractivity contribution < 1.29 is 0 Å². The van der Waals surface area contributed by atoms with Gasteiger partial charge in [0.25, 0.3) is 0 Å². The lowest BCUT2D eigenvalue weighted by Gasteiger charge is -2.32. The molecule has 2 rings (SSSR count). The molecule has 0 spiro atoms. The topological polar surface area (TPSA) is 41.6 Å². The summed E-state index contributed by atoms with van der Waals surface area (Å²) in [6.45, 7) is 5.45. The molecule has 82 valence electrons. The maximum atomic E-state index is 5.87. The van der Waals surface area contributed by atoms with Gasteiger partial charge in [0.05, 0.1) is 12.6 Å². The molecule has 0 bridgehead atoms. The maximum Gasteiger partial charge on any atom is 0.191 e. The van der Waals surface area contributed by atoms with Crippen LogP contribution in [0.1, 0.15) is 19.3 Å². The molecule has 0 fully saturated rings. The van der Waals surface area contributed by atoms with Crippen molar-refractivity contribution in [2.24, 2.45) is 16.6 Å². The van der Waals surface area contributed by atoms with E-state index in [0.717, 1.165) is 13.1 Å². The number of nitrogens with two attached hydrogens (primary N) is 1. The lowest BCUT2D eigenvalue weighted by molar-refractivity contribution is 0.251. The van der Waals surface area contributed by atoms with Gasteiger partial charge in [-0.1, -0.05) is 18.2 Å². The van der Waals surface area contributed by atoms with E-state index in [9.17, 15) is 0 Å². The molecule has 0 saturated carbocycles. The molecule has 2 N–H and O–H groups in total. The number of aliphatic imine (C=N–C) groups is 1. The standard InChI is InChI=1S/C12H19N3/c1-2-8-15-11(9-14-12(15)13)10-6-4-3-5-7-10/h2-4,10-11H,1,5-9H2,(H2,13,14). The summed E-state index contributed by atoms with van der Waals surface area (Å²) in [5, 5.41) is 0. The van der Waals surface area contributed by atoms with Crippen molar-refractivity contribution in [1.29, 1.82) is 0 Å². The van der Waals surface area contributed by atoms with Crippen LogP contribution in [-0.4, -0.2) is 30.0 Å². The molecule has 0 aromatic rings. The Labute approximate surface area is 91.4 Å². The maximum absolute atomic E-state index is 5.87. The van der Waals surface area contributed by atoms with Crippen molar-refractivity contribution in [3.8, 4) is 0 Å². The summed E-state index contributed by atoms with van der Waals surface area (Å²) in [5.74, 6) is 1.40. The summed E-state index contributed by atoms with van der Waals surface area (Å²) in [7, 11) is 0. The molecule has 0 radical (unpaired) electrons. The smallest absolute Gasteiger partial charge is 0.191 e. The number of rotatable bonds is 3. The van der Waals surface area contributed by atoms with Crippen molar-refractivity contribution in [1.82, 2.24) is 4.90 Å². The minimum Gasteiger partial charge on any atom is -0.370 e. The first-order valence-electron chi connectivity index (χ1n) is 5.65. The Morgan fingerprint density at radius 1 is 1.60 bits per heavy atom. The van der Waals surface area contributed by atoms with Crippen LogP contribution in [0, 0.1) is 5.92 Å². The third kappa shape index (κ3) is 2.06. The molecule has 1 heterocycles. The van der Waals surface area contributed by atoms with E-state index in [0.29, 0.717) is 17.9 Å². The minimum absolute atomic E-state index is 0.493. The molecule has 1 aliphatic carbocycles. The van der Waals surface area contributed by atoms with Crippen LogP contribution in [0.15, 0.2) is 29.8 Å². The van der Waals surface area contributed by atoms with E-state index < -0.39 is 0 Å². The summed E-state index contributed by atoms with van der Waals surface area (Å²) in [4.78, 5) is 6.53. The molecule has 15 heavy (non-hydrogen) atoms. The lowest BCUT2D eigenvalue weighted by atomic mass is 9.87.